The third-order valence-corrected chi connectivity index (χ3v) is 4.94. The van der Waals surface area contributed by atoms with Gasteiger partial charge in [-0.1, -0.05) is 0 Å². The highest BCUT2D eigenvalue weighted by molar-refractivity contribution is 7.06. The number of hydrazone groups is 1. The molecule has 1 amide bonds. The van der Waals surface area contributed by atoms with Crippen molar-refractivity contribution in [3.8, 4) is 5.75 Å². The molecule has 3 aromatic rings. The Morgan fingerprint density at radius 3 is 2.86 bits per heavy atom. The van der Waals surface area contributed by atoms with E-state index in [0.717, 1.165) is 16.9 Å². The number of hydrogen-bond acceptors (Lipinski definition) is 6. The molecule has 7 nitrogen and oxygen atoms in total. The molecule has 146 valence electrons. The van der Waals surface area contributed by atoms with E-state index in [-0.39, 0.29) is 5.91 Å². The molecule has 0 saturated carbocycles. The van der Waals surface area contributed by atoms with E-state index in [4.69, 9.17) is 14.6 Å². The Morgan fingerprint density at radius 1 is 1.39 bits per heavy atom. The molecule has 1 aromatic carbocycles. The fourth-order valence-electron chi connectivity index (χ4n) is 2.72. The first kappa shape index (κ1) is 19.6. The lowest BCUT2D eigenvalue weighted by molar-refractivity contribution is 0.0953. The molecule has 2 N–H and O–H groups in total. The molecule has 0 saturated heterocycles. The standard InChI is InChI=1S/C20H22N4O3S/c1-4-26-18-6-5-15(11-16(18)12-24-8-10-28-20(24)21)13(2)22-23-19(25)17-7-9-27-14(17)3/h5-11,21H,4,12H2,1-3H3,(H,23,25)/b21-20?,22-13-. The molecule has 0 aliphatic rings. The number of carbonyl (C=O) groups is 1. The Kier molecular flexibility index (Phi) is 6.10. The van der Waals surface area contributed by atoms with Crippen molar-refractivity contribution in [1.82, 2.24) is 9.99 Å². The fourth-order valence-corrected chi connectivity index (χ4v) is 3.31. The summed E-state index contributed by atoms with van der Waals surface area (Å²) in [4.78, 5) is 12.7. The van der Waals surface area contributed by atoms with E-state index >= 15 is 0 Å². The second-order valence-electron chi connectivity index (χ2n) is 6.12. The molecule has 28 heavy (non-hydrogen) atoms. The number of aryl methyl sites for hydroxylation is 1. The lowest BCUT2D eigenvalue weighted by atomic mass is 10.1. The van der Waals surface area contributed by atoms with E-state index in [1.54, 1.807) is 13.0 Å². The van der Waals surface area contributed by atoms with Crippen LogP contribution in [0.15, 0.2) is 51.6 Å². The van der Waals surface area contributed by atoms with Crippen LogP contribution in [0.25, 0.3) is 0 Å². The first-order chi connectivity index (χ1) is 13.5. The normalized spacial score (nSPS) is 11.5. The Balaban J connectivity index is 1.83. The topological polar surface area (TPSA) is 92.6 Å². The predicted octanol–water partition coefficient (Wildman–Crippen LogP) is 3.53. The average Bonchev–Trinajstić information content (AvgIpc) is 3.29. The third kappa shape index (κ3) is 4.40. The molecule has 0 spiro atoms. The van der Waals surface area contributed by atoms with Crippen LogP contribution in [0.1, 0.15) is 41.1 Å². The van der Waals surface area contributed by atoms with Crippen molar-refractivity contribution in [2.24, 2.45) is 5.10 Å². The van der Waals surface area contributed by atoms with Gasteiger partial charge in [-0.15, -0.1) is 11.3 Å². The number of carbonyl (C=O) groups excluding carboxylic acids is 1. The van der Waals surface area contributed by atoms with Gasteiger partial charge < -0.3 is 13.7 Å². The van der Waals surface area contributed by atoms with Crippen molar-refractivity contribution >= 4 is 23.0 Å². The van der Waals surface area contributed by atoms with Crippen LogP contribution in [0, 0.1) is 12.3 Å². The summed E-state index contributed by atoms with van der Waals surface area (Å²) >= 11 is 1.37. The summed E-state index contributed by atoms with van der Waals surface area (Å²) in [6, 6.07) is 7.39. The van der Waals surface area contributed by atoms with Gasteiger partial charge in [-0.25, -0.2) is 5.43 Å². The highest BCUT2D eigenvalue weighted by Gasteiger charge is 2.12. The maximum atomic E-state index is 12.2. The Bertz CT molecular complexity index is 1060. The number of furan rings is 1. The minimum Gasteiger partial charge on any atom is -0.494 e. The van der Waals surface area contributed by atoms with Crippen molar-refractivity contribution < 1.29 is 13.9 Å². The maximum Gasteiger partial charge on any atom is 0.274 e. The predicted molar refractivity (Wildman–Crippen MR) is 108 cm³/mol. The minimum atomic E-state index is -0.315. The van der Waals surface area contributed by atoms with E-state index in [1.807, 2.05) is 48.2 Å². The molecule has 8 heteroatoms. The van der Waals surface area contributed by atoms with E-state index in [2.05, 4.69) is 10.5 Å². The first-order valence-electron chi connectivity index (χ1n) is 8.83. The minimum absolute atomic E-state index is 0.315. The summed E-state index contributed by atoms with van der Waals surface area (Å²) in [6.07, 6.45) is 3.35. The van der Waals surface area contributed by atoms with Crippen LogP contribution < -0.4 is 15.0 Å². The summed E-state index contributed by atoms with van der Waals surface area (Å²) in [5.74, 6) is 1.01. The van der Waals surface area contributed by atoms with Gasteiger partial charge in [0.1, 0.15) is 11.5 Å². The molecule has 2 heterocycles. The van der Waals surface area contributed by atoms with E-state index in [9.17, 15) is 4.79 Å². The van der Waals surface area contributed by atoms with E-state index in [1.165, 1.54) is 17.6 Å². The van der Waals surface area contributed by atoms with Crippen molar-refractivity contribution in [2.45, 2.75) is 27.3 Å². The maximum absolute atomic E-state index is 12.2. The lowest BCUT2D eigenvalue weighted by Gasteiger charge is -2.13. The van der Waals surface area contributed by atoms with E-state index in [0.29, 0.717) is 35.0 Å². The van der Waals surface area contributed by atoms with Crippen LogP contribution in [0.3, 0.4) is 0 Å². The Morgan fingerprint density at radius 2 is 2.21 bits per heavy atom. The number of hydrogen-bond donors (Lipinski definition) is 2. The molecule has 0 fully saturated rings. The average molecular weight is 398 g/mol. The van der Waals surface area contributed by atoms with Gasteiger partial charge in [-0.05, 0) is 50.6 Å². The van der Waals surface area contributed by atoms with Gasteiger partial charge in [0, 0.05) is 17.1 Å². The number of ether oxygens (including phenoxy) is 1. The van der Waals surface area contributed by atoms with Crippen molar-refractivity contribution in [3.63, 3.8) is 0 Å². The summed E-state index contributed by atoms with van der Waals surface area (Å²) < 4.78 is 12.7. The molecular formula is C20H22N4O3S. The van der Waals surface area contributed by atoms with Gasteiger partial charge in [0.15, 0.2) is 4.80 Å². The molecule has 0 radical (unpaired) electrons. The second kappa shape index (κ2) is 8.71. The molecular weight excluding hydrogens is 376 g/mol. The SMILES string of the molecule is CCOc1ccc(/C(C)=N\NC(=O)c2ccoc2C)cc1Cn1ccsc1=N. The number of nitrogens with one attached hydrogen (secondary N) is 2. The Labute approximate surface area is 166 Å². The molecule has 0 atom stereocenters. The van der Waals surface area contributed by atoms with Crippen molar-refractivity contribution in [1.29, 1.82) is 5.41 Å². The monoisotopic (exact) mass is 398 g/mol. The largest absolute Gasteiger partial charge is 0.494 e. The number of nitrogens with zero attached hydrogens (tertiary/aromatic N) is 2. The van der Waals surface area contributed by atoms with Gasteiger partial charge in [0.05, 0.1) is 30.7 Å². The smallest absolute Gasteiger partial charge is 0.274 e. The zero-order chi connectivity index (χ0) is 20.1. The molecule has 2 aromatic heterocycles. The number of benzene rings is 1. The zero-order valence-corrected chi connectivity index (χ0v) is 16.8. The second-order valence-corrected chi connectivity index (χ2v) is 7.01. The first-order valence-corrected chi connectivity index (χ1v) is 9.71. The van der Waals surface area contributed by atoms with E-state index < -0.39 is 0 Å². The summed E-state index contributed by atoms with van der Waals surface area (Å²) in [5, 5.41) is 14.1. The molecule has 0 bridgehead atoms. The van der Waals surface area contributed by atoms with Crippen LogP contribution in [-0.2, 0) is 6.54 Å². The van der Waals surface area contributed by atoms with Gasteiger partial charge >= 0.3 is 0 Å². The number of aromatic nitrogens is 1. The zero-order valence-electron chi connectivity index (χ0n) is 16.0. The quantitative estimate of drug-likeness (QED) is 0.471. The van der Waals surface area contributed by atoms with Crippen LogP contribution in [-0.4, -0.2) is 22.8 Å². The van der Waals surface area contributed by atoms with Crippen molar-refractivity contribution in [3.05, 3.63) is 69.4 Å². The van der Waals surface area contributed by atoms with Gasteiger partial charge in [0.25, 0.3) is 5.91 Å². The number of thiazole rings is 1. The van der Waals surface area contributed by atoms with Crippen LogP contribution in [0.2, 0.25) is 0 Å². The summed E-state index contributed by atoms with van der Waals surface area (Å²) in [6.45, 7) is 6.58. The van der Waals surface area contributed by atoms with Gasteiger partial charge in [-0.3, -0.25) is 10.2 Å². The molecule has 3 rings (SSSR count). The molecule has 0 aliphatic heterocycles. The Hall–Kier alpha value is -3.13. The molecule has 0 aliphatic carbocycles. The van der Waals surface area contributed by atoms with Crippen LogP contribution in [0.4, 0.5) is 0 Å². The highest BCUT2D eigenvalue weighted by atomic mass is 32.1. The van der Waals surface area contributed by atoms with Gasteiger partial charge in [0.2, 0.25) is 0 Å². The summed E-state index contributed by atoms with van der Waals surface area (Å²) in [5.41, 5.74) is 5.50. The van der Waals surface area contributed by atoms with Crippen LogP contribution >= 0.6 is 11.3 Å². The third-order valence-electron chi connectivity index (χ3n) is 4.23. The van der Waals surface area contributed by atoms with Crippen LogP contribution in [0.5, 0.6) is 5.75 Å². The number of rotatable bonds is 7. The van der Waals surface area contributed by atoms with Crippen molar-refractivity contribution in [2.75, 3.05) is 6.61 Å². The fraction of sp³-hybridized carbons (Fsp3) is 0.250. The molecule has 0 unspecified atom stereocenters. The highest BCUT2D eigenvalue weighted by Crippen LogP contribution is 2.22. The summed E-state index contributed by atoms with van der Waals surface area (Å²) in [7, 11) is 0. The van der Waals surface area contributed by atoms with Gasteiger partial charge in [-0.2, -0.15) is 5.10 Å². The lowest BCUT2D eigenvalue weighted by Crippen LogP contribution is -2.19. The number of amides is 1.